The number of hydrogen-bond acceptors (Lipinski definition) is 5. The van der Waals surface area contributed by atoms with Crippen LogP contribution in [0.3, 0.4) is 0 Å². The number of rotatable bonds is 8. The Morgan fingerprint density at radius 1 is 1.30 bits per heavy atom. The highest BCUT2D eigenvalue weighted by atomic mass is 79.9. The number of unbranched alkanes of at least 4 members (excludes halogenated alkanes) is 1. The number of amides is 1. The summed E-state index contributed by atoms with van der Waals surface area (Å²) in [6.45, 7) is 2.15. The molecule has 7 nitrogen and oxygen atoms in total. The lowest BCUT2D eigenvalue weighted by molar-refractivity contribution is -0.137. The minimum atomic E-state index is -4.64. The number of H-pyrrole nitrogens is 1. The zero-order valence-corrected chi connectivity index (χ0v) is 22.7. The van der Waals surface area contributed by atoms with Gasteiger partial charge < -0.3 is 20.5 Å². The monoisotopic (exact) mass is 600 g/mol. The predicted molar refractivity (Wildman–Crippen MR) is 143 cm³/mol. The van der Waals surface area contributed by atoms with E-state index in [4.69, 9.17) is 11.6 Å². The quantitative estimate of drug-likeness (QED) is 0.216. The number of nitrogens with zero attached hydrogens (tertiary/aromatic N) is 3. The molecular weight excluding hydrogens is 573 g/mol. The zero-order chi connectivity index (χ0) is 26.6. The smallest absolute Gasteiger partial charge is 0.360 e. The Labute approximate surface area is 226 Å². The SMILES string of the molecule is CN(CCCCCl)C(=O)c1ccc2c(-c3nc(N[C@H]4CCCCNC4)ncc3C(F)(F)F)c[nH]c2c1Br. The molecule has 2 aromatic heterocycles. The molecule has 3 heterocycles. The van der Waals surface area contributed by atoms with Crippen LogP contribution in [0.2, 0.25) is 0 Å². The normalized spacial score (nSPS) is 16.5. The molecule has 200 valence electrons. The summed E-state index contributed by atoms with van der Waals surface area (Å²) in [6.07, 6.45) is 2.20. The molecule has 0 unspecified atom stereocenters. The maximum atomic E-state index is 14.0. The molecule has 0 bridgehead atoms. The molecule has 1 saturated heterocycles. The van der Waals surface area contributed by atoms with Crippen LogP contribution in [0.25, 0.3) is 22.2 Å². The first-order valence-electron chi connectivity index (χ1n) is 12.2. The summed E-state index contributed by atoms with van der Waals surface area (Å²) in [7, 11) is 1.71. The molecule has 0 saturated carbocycles. The van der Waals surface area contributed by atoms with Gasteiger partial charge in [0.15, 0.2) is 0 Å². The van der Waals surface area contributed by atoms with E-state index in [1.54, 1.807) is 24.1 Å². The number of hydrogen-bond donors (Lipinski definition) is 3. The molecule has 0 aliphatic carbocycles. The molecule has 12 heteroatoms. The van der Waals surface area contributed by atoms with Crippen molar-refractivity contribution in [2.45, 2.75) is 44.3 Å². The molecular formula is C25H29BrClF3N6O. The Kier molecular flexibility index (Phi) is 8.97. The number of aromatic nitrogens is 3. The molecule has 1 aromatic carbocycles. The Morgan fingerprint density at radius 2 is 2.11 bits per heavy atom. The van der Waals surface area contributed by atoms with Crippen molar-refractivity contribution in [3.8, 4) is 11.3 Å². The van der Waals surface area contributed by atoms with Gasteiger partial charge in [0.05, 0.1) is 21.2 Å². The number of fused-ring (bicyclic) bond motifs is 1. The highest BCUT2D eigenvalue weighted by Crippen LogP contribution is 2.40. The van der Waals surface area contributed by atoms with E-state index in [0.29, 0.717) is 39.9 Å². The molecule has 4 rings (SSSR count). The van der Waals surface area contributed by atoms with Gasteiger partial charge in [-0.1, -0.05) is 12.5 Å². The Bertz CT molecular complexity index is 1240. The predicted octanol–water partition coefficient (Wildman–Crippen LogP) is 6.05. The Balaban J connectivity index is 1.70. The summed E-state index contributed by atoms with van der Waals surface area (Å²) in [4.78, 5) is 25.9. The van der Waals surface area contributed by atoms with Gasteiger partial charge in [-0.2, -0.15) is 13.2 Å². The number of halogens is 5. The van der Waals surface area contributed by atoms with E-state index in [2.05, 4.69) is 41.5 Å². The molecule has 1 atom stereocenters. The molecule has 1 aliphatic heterocycles. The molecule has 0 radical (unpaired) electrons. The number of aromatic amines is 1. The molecule has 1 aliphatic rings. The third-order valence-corrected chi connectivity index (χ3v) is 7.57. The lowest BCUT2D eigenvalue weighted by atomic mass is 10.0. The second-order valence-corrected chi connectivity index (χ2v) is 10.3. The van der Waals surface area contributed by atoms with Crippen LogP contribution < -0.4 is 10.6 Å². The highest BCUT2D eigenvalue weighted by molar-refractivity contribution is 9.10. The van der Waals surface area contributed by atoms with Crippen molar-refractivity contribution >= 4 is 50.3 Å². The lowest BCUT2D eigenvalue weighted by Crippen LogP contribution is -2.31. The van der Waals surface area contributed by atoms with Crippen LogP contribution >= 0.6 is 27.5 Å². The summed E-state index contributed by atoms with van der Waals surface area (Å²) in [5, 5.41) is 7.02. The second kappa shape index (κ2) is 12.0. The van der Waals surface area contributed by atoms with Crippen molar-refractivity contribution in [3.05, 3.63) is 40.1 Å². The van der Waals surface area contributed by atoms with Crippen LogP contribution in [0.5, 0.6) is 0 Å². The van der Waals surface area contributed by atoms with Crippen molar-refractivity contribution in [2.24, 2.45) is 0 Å². The van der Waals surface area contributed by atoms with Gasteiger partial charge in [0, 0.05) is 55.4 Å². The molecule has 0 spiro atoms. The van der Waals surface area contributed by atoms with E-state index >= 15 is 0 Å². The minimum Gasteiger partial charge on any atom is -0.360 e. The highest BCUT2D eigenvalue weighted by Gasteiger charge is 2.36. The van der Waals surface area contributed by atoms with E-state index in [0.717, 1.165) is 44.8 Å². The number of anilines is 1. The molecule has 1 fully saturated rings. The zero-order valence-electron chi connectivity index (χ0n) is 20.4. The van der Waals surface area contributed by atoms with Gasteiger partial charge in [-0.25, -0.2) is 9.97 Å². The topological polar surface area (TPSA) is 85.9 Å². The number of carbonyl (C=O) groups excluding carboxylic acids is 1. The third-order valence-electron chi connectivity index (χ3n) is 6.48. The van der Waals surface area contributed by atoms with Crippen LogP contribution in [-0.2, 0) is 6.18 Å². The maximum Gasteiger partial charge on any atom is 0.419 e. The van der Waals surface area contributed by atoms with Crippen molar-refractivity contribution in [1.29, 1.82) is 0 Å². The van der Waals surface area contributed by atoms with Gasteiger partial charge in [-0.3, -0.25) is 4.79 Å². The van der Waals surface area contributed by atoms with Crippen molar-refractivity contribution in [3.63, 3.8) is 0 Å². The number of nitrogens with one attached hydrogen (secondary N) is 3. The van der Waals surface area contributed by atoms with E-state index in [9.17, 15) is 18.0 Å². The number of alkyl halides is 4. The van der Waals surface area contributed by atoms with Crippen molar-refractivity contribution in [2.75, 3.05) is 37.9 Å². The third kappa shape index (κ3) is 6.38. The van der Waals surface area contributed by atoms with Crippen LogP contribution in [0, 0.1) is 0 Å². The maximum absolute atomic E-state index is 14.0. The van der Waals surface area contributed by atoms with Gasteiger partial charge in [0.2, 0.25) is 5.95 Å². The standard InChI is InChI=1S/C25H29BrClF3N6O/c1-36(11-5-3-9-27)23(37)17-8-7-16-18(13-32-22(16)20(17)26)21-19(25(28,29)30)14-33-24(35-21)34-15-6-2-4-10-31-12-15/h7-8,13-15,31-32H,2-6,9-12H2,1H3,(H,33,34,35)/t15-/m0/s1. The Morgan fingerprint density at radius 3 is 2.86 bits per heavy atom. The summed E-state index contributed by atoms with van der Waals surface area (Å²) in [5.74, 6) is 0.484. The Hall–Kier alpha value is -2.37. The van der Waals surface area contributed by atoms with E-state index in [-0.39, 0.29) is 29.2 Å². The van der Waals surface area contributed by atoms with E-state index in [1.165, 1.54) is 6.20 Å². The van der Waals surface area contributed by atoms with Crippen LogP contribution in [0.15, 0.2) is 29.0 Å². The van der Waals surface area contributed by atoms with Gasteiger partial charge in [-0.15, -0.1) is 11.6 Å². The first-order chi connectivity index (χ1) is 17.7. The van der Waals surface area contributed by atoms with Gasteiger partial charge in [-0.05, 0) is 54.2 Å². The first-order valence-corrected chi connectivity index (χ1v) is 13.6. The summed E-state index contributed by atoms with van der Waals surface area (Å²) in [6, 6.07) is 3.30. The van der Waals surface area contributed by atoms with Crippen molar-refractivity contribution < 1.29 is 18.0 Å². The number of benzene rings is 1. The van der Waals surface area contributed by atoms with E-state index in [1.807, 2.05) is 0 Å². The lowest BCUT2D eigenvalue weighted by Gasteiger charge is -2.19. The summed E-state index contributed by atoms with van der Waals surface area (Å²) in [5.41, 5.74) is 0.0672. The van der Waals surface area contributed by atoms with E-state index < -0.39 is 11.7 Å². The molecule has 37 heavy (non-hydrogen) atoms. The first kappa shape index (κ1) is 27.7. The summed E-state index contributed by atoms with van der Waals surface area (Å²) >= 11 is 9.22. The van der Waals surface area contributed by atoms with Gasteiger partial charge >= 0.3 is 6.18 Å². The average Bonchev–Trinajstić information content (AvgIpc) is 3.14. The second-order valence-electron chi connectivity index (χ2n) is 9.17. The van der Waals surface area contributed by atoms with Crippen LogP contribution in [0.4, 0.5) is 19.1 Å². The molecule has 3 N–H and O–H groups in total. The summed E-state index contributed by atoms with van der Waals surface area (Å²) < 4.78 is 42.4. The average molecular weight is 602 g/mol. The number of carbonyl (C=O) groups is 1. The van der Waals surface area contributed by atoms with Gasteiger partial charge in [0.1, 0.15) is 5.56 Å². The fraction of sp³-hybridized carbons (Fsp3) is 0.480. The molecule has 3 aromatic rings. The fourth-order valence-electron chi connectivity index (χ4n) is 4.46. The minimum absolute atomic E-state index is 0.0270. The van der Waals surface area contributed by atoms with Crippen LogP contribution in [-0.4, -0.2) is 64.4 Å². The fourth-order valence-corrected chi connectivity index (χ4v) is 5.28. The van der Waals surface area contributed by atoms with Crippen molar-refractivity contribution in [1.82, 2.24) is 25.2 Å². The van der Waals surface area contributed by atoms with Crippen LogP contribution in [0.1, 0.15) is 48.0 Å². The molecule has 1 amide bonds. The largest absolute Gasteiger partial charge is 0.419 e. The van der Waals surface area contributed by atoms with Gasteiger partial charge in [0.25, 0.3) is 5.91 Å².